The van der Waals surface area contributed by atoms with E-state index < -0.39 is 18.0 Å². The Balaban J connectivity index is 3.00. The highest BCUT2D eigenvalue weighted by molar-refractivity contribution is 5.90. The lowest BCUT2D eigenvalue weighted by Gasteiger charge is -2.15. The van der Waals surface area contributed by atoms with E-state index in [2.05, 4.69) is 4.74 Å². The van der Waals surface area contributed by atoms with E-state index in [1.165, 1.54) is 25.3 Å². The van der Waals surface area contributed by atoms with E-state index in [1.54, 1.807) is 6.92 Å². The summed E-state index contributed by atoms with van der Waals surface area (Å²) in [5.74, 6) is -1.46. The lowest BCUT2D eigenvalue weighted by molar-refractivity contribution is -0.145. The molecule has 1 rings (SSSR count). The van der Waals surface area contributed by atoms with Crippen LogP contribution in [-0.2, 0) is 9.53 Å². The van der Waals surface area contributed by atoms with E-state index in [4.69, 9.17) is 15.6 Å². The van der Waals surface area contributed by atoms with Gasteiger partial charge in [0, 0.05) is 0 Å². The van der Waals surface area contributed by atoms with E-state index in [1.807, 2.05) is 0 Å². The number of benzene rings is 1. The Kier molecular flexibility index (Phi) is 4.53. The summed E-state index contributed by atoms with van der Waals surface area (Å²) in [7, 11) is 1.26. The van der Waals surface area contributed by atoms with Gasteiger partial charge in [-0.3, -0.25) is 0 Å². The van der Waals surface area contributed by atoms with Crippen molar-refractivity contribution in [3.05, 3.63) is 23.8 Å². The zero-order valence-electron chi connectivity index (χ0n) is 10.2. The number of carboxylic acid groups (broad SMARTS) is 1. The van der Waals surface area contributed by atoms with Crippen LogP contribution in [0.4, 0.5) is 5.69 Å². The normalized spacial score (nSPS) is 11.7. The molecule has 0 amide bonds. The molecule has 0 saturated carbocycles. The Labute approximate surface area is 104 Å². The predicted molar refractivity (Wildman–Crippen MR) is 64.5 cm³/mol. The van der Waals surface area contributed by atoms with Gasteiger partial charge in [0.15, 0.2) is 6.10 Å². The van der Waals surface area contributed by atoms with Crippen molar-refractivity contribution in [2.45, 2.75) is 19.4 Å². The molecule has 1 aromatic carbocycles. The molecule has 0 fully saturated rings. The molecule has 6 nitrogen and oxygen atoms in total. The Bertz CT molecular complexity index is 458. The predicted octanol–water partition coefficient (Wildman–Crippen LogP) is 1.30. The Hall–Kier alpha value is -2.24. The number of carbonyl (C=O) groups is 2. The number of esters is 1. The van der Waals surface area contributed by atoms with Gasteiger partial charge in [0.25, 0.3) is 0 Å². The van der Waals surface area contributed by atoms with Crippen LogP contribution in [0.25, 0.3) is 0 Å². The van der Waals surface area contributed by atoms with Gasteiger partial charge in [0.2, 0.25) is 0 Å². The zero-order valence-corrected chi connectivity index (χ0v) is 10.2. The molecule has 0 radical (unpaired) electrons. The minimum Gasteiger partial charge on any atom is -0.479 e. The number of carboxylic acids is 1. The number of hydrogen-bond acceptors (Lipinski definition) is 5. The van der Waals surface area contributed by atoms with Gasteiger partial charge in [-0.15, -0.1) is 0 Å². The summed E-state index contributed by atoms with van der Waals surface area (Å²) in [6.07, 6.45) is -0.711. The van der Waals surface area contributed by atoms with Gasteiger partial charge in [0.05, 0.1) is 18.4 Å². The van der Waals surface area contributed by atoms with E-state index >= 15 is 0 Å². The quantitative estimate of drug-likeness (QED) is 0.606. The largest absolute Gasteiger partial charge is 0.479 e. The van der Waals surface area contributed by atoms with E-state index in [0.29, 0.717) is 0 Å². The molecule has 0 bridgehead atoms. The fraction of sp³-hybridized carbons (Fsp3) is 0.333. The summed E-state index contributed by atoms with van der Waals surface area (Å²) >= 11 is 0. The van der Waals surface area contributed by atoms with Crippen LogP contribution in [0.5, 0.6) is 5.75 Å². The molecule has 1 unspecified atom stereocenters. The molecule has 0 heterocycles. The molecule has 18 heavy (non-hydrogen) atoms. The van der Waals surface area contributed by atoms with Crippen molar-refractivity contribution in [2.24, 2.45) is 0 Å². The number of aliphatic carboxylic acids is 1. The van der Waals surface area contributed by atoms with E-state index in [-0.39, 0.29) is 23.4 Å². The highest BCUT2D eigenvalue weighted by Crippen LogP contribution is 2.25. The fourth-order valence-electron chi connectivity index (χ4n) is 1.34. The Morgan fingerprint density at radius 2 is 2.11 bits per heavy atom. The third-order valence-corrected chi connectivity index (χ3v) is 2.35. The summed E-state index contributed by atoms with van der Waals surface area (Å²) in [5.41, 5.74) is 6.18. The summed E-state index contributed by atoms with van der Waals surface area (Å²) in [6, 6.07) is 4.32. The Morgan fingerprint density at radius 1 is 1.44 bits per heavy atom. The van der Waals surface area contributed by atoms with Gasteiger partial charge in [-0.2, -0.15) is 0 Å². The molecule has 0 spiro atoms. The number of rotatable bonds is 5. The van der Waals surface area contributed by atoms with Gasteiger partial charge < -0.3 is 20.3 Å². The smallest absolute Gasteiger partial charge is 0.344 e. The summed E-state index contributed by atoms with van der Waals surface area (Å²) in [6.45, 7) is 1.68. The first-order valence-electron chi connectivity index (χ1n) is 5.36. The molecular formula is C12H15NO5. The van der Waals surface area contributed by atoms with E-state index in [9.17, 15) is 9.59 Å². The zero-order chi connectivity index (χ0) is 13.7. The highest BCUT2D eigenvalue weighted by Gasteiger charge is 2.19. The van der Waals surface area contributed by atoms with Gasteiger partial charge in [-0.05, 0) is 24.6 Å². The molecule has 0 aliphatic rings. The van der Waals surface area contributed by atoms with Crippen LogP contribution < -0.4 is 10.5 Å². The highest BCUT2D eigenvalue weighted by atomic mass is 16.5. The SMILES string of the molecule is CCC(Oc1cc(C(=O)OC)ccc1N)C(=O)O. The maximum Gasteiger partial charge on any atom is 0.344 e. The molecule has 0 aromatic heterocycles. The third-order valence-electron chi connectivity index (χ3n) is 2.35. The minimum atomic E-state index is -1.08. The topological polar surface area (TPSA) is 98.9 Å². The molecule has 3 N–H and O–H groups in total. The number of ether oxygens (including phenoxy) is 2. The van der Waals surface area contributed by atoms with Crippen molar-refractivity contribution in [3.8, 4) is 5.75 Å². The number of carbonyl (C=O) groups excluding carboxylic acids is 1. The second-order valence-electron chi connectivity index (χ2n) is 3.60. The molecule has 0 aliphatic carbocycles. The maximum absolute atomic E-state index is 11.3. The number of nitrogen functional groups attached to an aromatic ring is 1. The van der Waals surface area contributed by atoms with Crippen LogP contribution in [-0.4, -0.2) is 30.3 Å². The molecule has 6 heteroatoms. The maximum atomic E-state index is 11.3. The molecule has 0 saturated heterocycles. The van der Waals surface area contributed by atoms with Gasteiger partial charge >= 0.3 is 11.9 Å². The average Bonchev–Trinajstić information content (AvgIpc) is 2.36. The average molecular weight is 253 g/mol. The summed E-state index contributed by atoms with van der Waals surface area (Å²) < 4.78 is 9.82. The molecule has 1 atom stereocenters. The second-order valence-corrected chi connectivity index (χ2v) is 3.60. The summed E-state index contributed by atoms with van der Waals surface area (Å²) in [5, 5.41) is 8.89. The van der Waals surface area contributed by atoms with E-state index in [0.717, 1.165) is 0 Å². The minimum absolute atomic E-state index is 0.159. The third kappa shape index (κ3) is 3.13. The monoisotopic (exact) mass is 253 g/mol. The fourth-order valence-corrected chi connectivity index (χ4v) is 1.34. The number of methoxy groups -OCH3 is 1. The first-order valence-corrected chi connectivity index (χ1v) is 5.36. The molecule has 1 aromatic rings. The standard InChI is InChI=1S/C12H15NO5/c1-3-9(11(14)15)18-10-6-7(12(16)17-2)4-5-8(10)13/h4-6,9H,3,13H2,1-2H3,(H,14,15). The van der Waals surface area contributed by atoms with Crippen molar-refractivity contribution in [1.82, 2.24) is 0 Å². The van der Waals surface area contributed by atoms with Gasteiger partial charge in [0.1, 0.15) is 5.75 Å². The van der Waals surface area contributed by atoms with Crippen molar-refractivity contribution in [2.75, 3.05) is 12.8 Å². The number of anilines is 1. The van der Waals surface area contributed by atoms with Gasteiger partial charge in [-0.25, -0.2) is 9.59 Å². The lowest BCUT2D eigenvalue weighted by atomic mass is 10.2. The molecule has 0 aliphatic heterocycles. The van der Waals surface area contributed by atoms with Crippen LogP contribution in [0.1, 0.15) is 23.7 Å². The second kappa shape index (κ2) is 5.90. The van der Waals surface area contributed by atoms with Crippen LogP contribution in [0.15, 0.2) is 18.2 Å². The first-order chi connectivity index (χ1) is 8.49. The van der Waals surface area contributed by atoms with Crippen molar-refractivity contribution < 1.29 is 24.2 Å². The van der Waals surface area contributed by atoms with Crippen LogP contribution >= 0.6 is 0 Å². The van der Waals surface area contributed by atoms with Crippen LogP contribution in [0, 0.1) is 0 Å². The number of nitrogens with two attached hydrogens (primary N) is 1. The van der Waals surface area contributed by atoms with Gasteiger partial charge in [-0.1, -0.05) is 6.92 Å². The van der Waals surface area contributed by atoms with Crippen molar-refractivity contribution in [3.63, 3.8) is 0 Å². The van der Waals surface area contributed by atoms with Crippen molar-refractivity contribution in [1.29, 1.82) is 0 Å². The Morgan fingerprint density at radius 3 is 2.61 bits per heavy atom. The molecular weight excluding hydrogens is 238 g/mol. The number of hydrogen-bond donors (Lipinski definition) is 2. The van der Waals surface area contributed by atoms with Crippen LogP contribution in [0.3, 0.4) is 0 Å². The van der Waals surface area contributed by atoms with Crippen molar-refractivity contribution >= 4 is 17.6 Å². The van der Waals surface area contributed by atoms with Crippen LogP contribution in [0.2, 0.25) is 0 Å². The molecule has 98 valence electrons. The summed E-state index contributed by atoms with van der Waals surface area (Å²) in [4.78, 5) is 22.2. The lowest BCUT2D eigenvalue weighted by Crippen LogP contribution is -2.26. The first kappa shape index (κ1) is 13.8.